The minimum Gasteiger partial charge on any atom is -0.339 e. The first kappa shape index (κ1) is 12.2. The first-order valence-electron chi connectivity index (χ1n) is 6.24. The number of nitrogens with one attached hydrogen (secondary N) is 1. The summed E-state index contributed by atoms with van der Waals surface area (Å²) in [6.07, 6.45) is 2.33. The Morgan fingerprint density at radius 3 is 3.00 bits per heavy atom. The van der Waals surface area contributed by atoms with Gasteiger partial charge in [-0.3, -0.25) is 4.79 Å². The van der Waals surface area contributed by atoms with Crippen molar-refractivity contribution in [3.8, 4) is 0 Å². The molecule has 0 aromatic heterocycles. The average molecular weight is 240 g/mol. The van der Waals surface area contributed by atoms with E-state index >= 15 is 0 Å². The second kappa shape index (κ2) is 5.35. The van der Waals surface area contributed by atoms with Gasteiger partial charge in [-0.1, -0.05) is 0 Å². The lowest BCUT2D eigenvalue weighted by atomic mass is 10.1. The zero-order chi connectivity index (χ0) is 12.3. The van der Waals surface area contributed by atoms with Crippen LogP contribution in [0.5, 0.6) is 0 Å². The fraction of sp³-hybridized carbons (Fsp3) is 0.818. The van der Waals surface area contributed by atoms with Gasteiger partial charge in [-0.2, -0.15) is 0 Å². The van der Waals surface area contributed by atoms with Crippen molar-refractivity contribution in [2.45, 2.75) is 25.3 Å². The maximum Gasteiger partial charge on any atom is 0.317 e. The summed E-state index contributed by atoms with van der Waals surface area (Å²) in [4.78, 5) is 27.0. The standard InChI is InChI=1S/C11H20N4O2/c12-4-2-1-3-10(16)14-5-6-15-9(8-14)7-13-11(15)17/h9H,1-8,12H2,(H,13,17). The van der Waals surface area contributed by atoms with Gasteiger partial charge in [0.1, 0.15) is 0 Å². The van der Waals surface area contributed by atoms with Crippen LogP contribution in [-0.4, -0.2) is 60.5 Å². The number of hydrogen-bond acceptors (Lipinski definition) is 3. The molecule has 3 amide bonds. The Labute approximate surface area is 101 Å². The van der Waals surface area contributed by atoms with Crippen LogP contribution in [0, 0.1) is 0 Å². The first-order valence-corrected chi connectivity index (χ1v) is 6.24. The molecule has 2 aliphatic heterocycles. The highest BCUT2D eigenvalue weighted by Gasteiger charge is 2.36. The lowest BCUT2D eigenvalue weighted by Crippen LogP contribution is -2.53. The molecule has 2 rings (SSSR count). The third kappa shape index (κ3) is 2.69. The van der Waals surface area contributed by atoms with Gasteiger partial charge in [0.15, 0.2) is 0 Å². The number of carbonyl (C=O) groups excluding carboxylic acids is 2. The van der Waals surface area contributed by atoms with E-state index in [9.17, 15) is 9.59 Å². The summed E-state index contributed by atoms with van der Waals surface area (Å²) >= 11 is 0. The van der Waals surface area contributed by atoms with E-state index in [1.165, 1.54) is 0 Å². The molecular weight excluding hydrogens is 220 g/mol. The summed E-state index contributed by atoms with van der Waals surface area (Å²) in [6.45, 7) is 3.28. The zero-order valence-electron chi connectivity index (χ0n) is 10.0. The quantitative estimate of drug-likeness (QED) is 0.641. The monoisotopic (exact) mass is 240 g/mol. The van der Waals surface area contributed by atoms with Gasteiger partial charge in [-0.15, -0.1) is 0 Å². The largest absolute Gasteiger partial charge is 0.339 e. The van der Waals surface area contributed by atoms with E-state index in [1.54, 1.807) is 0 Å². The Kier molecular flexibility index (Phi) is 3.83. The predicted octanol–water partition coefficient (Wildman–Crippen LogP) is -0.649. The van der Waals surface area contributed by atoms with Crippen molar-refractivity contribution in [1.29, 1.82) is 0 Å². The molecule has 6 heteroatoms. The molecule has 3 N–H and O–H groups in total. The predicted molar refractivity (Wildman–Crippen MR) is 63.4 cm³/mol. The Morgan fingerprint density at radius 2 is 2.24 bits per heavy atom. The second-order valence-corrected chi connectivity index (χ2v) is 4.62. The van der Waals surface area contributed by atoms with E-state index in [-0.39, 0.29) is 18.0 Å². The van der Waals surface area contributed by atoms with Crippen molar-refractivity contribution in [2.75, 3.05) is 32.7 Å². The molecule has 2 fully saturated rings. The number of nitrogens with two attached hydrogens (primary N) is 1. The van der Waals surface area contributed by atoms with E-state index < -0.39 is 0 Å². The third-order valence-electron chi connectivity index (χ3n) is 3.43. The van der Waals surface area contributed by atoms with Gasteiger partial charge in [0, 0.05) is 32.6 Å². The van der Waals surface area contributed by atoms with Crippen molar-refractivity contribution in [2.24, 2.45) is 5.73 Å². The van der Waals surface area contributed by atoms with Crippen molar-refractivity contribution < 1.29 is 9.59 Å². The smallest absolute Gasteiger partial charge is 0.317 e. The lowest BCUT2D eigenvalue weighted by Gasteiger charge is -2.36. The number of carbonyl (C=O) groups is 2. The molecule has 0 aromatic rings. The van der Waals surface area contributed by atoms with Crippen LogP contribution in [0.15, 0.2) is 0 Å². The van der Waals surface area contributed by atoms with Crippen LogP contribution in [0.3, 0.4) is 0 Å². The zero-order valence-corrected chi connectivity index (χ0v) is 10.0. The molecule has 2 aliphatic rings. The molecule has 96 valence electrons. The summed E-state index contributed by atoms with van der Waals surface area (Å²) in [7, 11) is 0. The molecule has 2 heterocycles. The van der Waals surface area contributed by atoms with Crippen LogP contribution in [-0.2, 0) is 4.79 Å². The van der Waals surface area contributed by atoms with E-state index in [1.807, 2.05) is 9.80 Å². The van der Waals surface area contributed by atoms with E-state index in [0.717, 1.165) is 12.8 Å². The molecule has 6 nitrogen and oxygen atoms in total. The van der Waals surface area contributed by atoms with Crippen molar-refractivity contribution >= 4 is 11.9 Å². The molecule has 0 saturated carbocycles. The number of amides is 3. The Hall–Kier alpha value is -1.30. The van der Waals surface area contributed by atoms with Gasteiger partial charge in [0.2, 0.25) is 5.91 Å². The number of rotatable bonds is 4. The fourth-order valence-electron chi connectivity index (χ4n) is 2.41. The van der Waals surface area contributed by atoms with Crippen LogP contribution in [0.4, 0.5) is 4.79 Å². The minimum atomic E-state index is 0.00484. The molecule has 0 spiro atoms. The Bertz CT molecular complexity index is 308. The van der Waals surface area contributed by atoms with Crippen LogP contribution in [0.2, 0.25) is 0 Å². The van der Waals surface area contributed by atoms with Crippen molar-refractivity contribution in [1.82, 2.24) is 15.1 Å². The molecule has 0 radical (unpaired) electrons. The number of unbranched alkanes of at least 4 members (excludes halogenated alkanes) is 1. The minimum absolute atomic E-state index is 0.00484. The maximum absolute atomic E-state index is 11.9. The first-order chi connectivity index (χ1) is 8.22. The molecule has 0 aromatic carbocycles. The summed E-state index contributed by atoms with van der Waals surface area (Å²) < 4.78 is 0. The number of nitrogens with zero attached hydrogens (tertiary/aromatic N) is 2. The van der Waals surface area contributed by atoms with Gasteiger partial charge in [-0.25, -0.2) is 4.79 Å². The normalized spacial score (nSPS) is 23.6. The maximum atomic E-state index is 11.9. The van der Waals surface area contributed by atoms with E-state index in [4.69, 9.17) is 5.73 Å². The number of hydrogen-bond donors (Lipinski definition) is 2. The topological polar surface area (TPSA) is 78.7 Å². The number of fused-ring (bicyclic) bond motifs is 1. The van der Waals surface area contributed by atoms with Gasteiger partial charge in [0.05, 0.1) is 6.04 Å². The number of piperazine rings is 1. The van der Waals surface area contributed by atoms with Crippen LogP contribution < -0.4 is 11.1 Å². The van der Waals surface area contributed by atoms with E-state index in [2.05, 4.69) is 5.32 Å². The molecule has 0 aliphatic carbocycles. The molecule has 0 bridgehead atoms. The fourth-order valence-corrected chi connectivity index (χ4v) is 2.41. The SMILES string of the molecule is NCCCCC(=O)N1CCN2C(=O)NCC2C1. The lowest BCUT2D eigenvalue weighted by molar-refractivity contribution is -0.133. The van der Waals surface area contributed by atoms with Gasteiger partial charge >= 0.3 is 6.03 Å². The average Bonchev–Trinajstić information content (AvgIpc) is 2.71. The molecular formula is C11H20N4O2. The van der Waals surface area contributed by atoms with Gasteiger partial charge in [0.25, 0.3) is 0 Å². The van der Waals surface area contributed by atoms with Gasteiger partial charge < -0.3 is 20.9 Å². The Balaban J connectivity index is 1.80. The molecule has 1 atom stereocenters. The highest BCUT2D eigenvalue weighted by atomic mass is 16.2. The number of urea groups is 1. The Morgan fingerprint density at radius 1 is 1.41 bits per heavy atom. The summed E-state index contributed by atoms with van der Waals surface area (Å²) in [5.74, 6) is 0.192. The second-order valence-electron chi connectivity index (χ2n) is 4.62. The van der Waals surface area contributed by atoms with Crippen LogP contribution in [0.25, 0.3) is 0 Å². The third-order valence-corrected chi connectivity index (χ3v) is 3.43. The molecule has 1 unspecified atom stereocenters. The van der Waals surface area contributed by atoms with Crippen LogP contribution in [0.1, 0.15) is 19.3 Å². The van der Waals surface area contributed by atoms with Crippen LogP contribution >= 0.6 is 0 Å². The highest BCUT2D eigenvalue weighted by molar-refractivity contribution is 5.79. The van der Waals surface area contributed by atoms with Crippen molar-refractivity contribution in [3.63, 3.8) is 0 Å². The summed E-state index contributed by atoms with van der Waals surface area (Å²) in [5, 5.41) is 2.81. The van der Waals surface area contributed by atoms with E-state index in [0.29, 0.717) is 39.1 Å². The summed E-state index contributed by atoms with van der Waals surface area (Å²) in [5.41, 5.74) is 5.40. The van der Waals surface area contributed by atoms with Gasteiger partial charge in [-0.05, 0) is 19.4 Å². The highest BCUT2D eigenvalue weighted by Crippen LogP contribution is 2.15. The van der Waals surface area contributed by atoms with Crippen molar-refractivity contribution in [3.05, 3.63) is 0 Å². The molecule has 2 saturated heterocycles. The summed E-state index contributed by atoms with van der Waals surface area (Å²) in [6, 6.07) is 0.167. The molecule has 17 heavy (non-hydrogen) atoms.